The van der Waals surface area contributed by atoms with E-state index in [0.29, 0.717) is 11.3 Å². The van der Waals surface area contributed by atoms with Crippen LogP contribution in [0, 0.1) is 6.92 Å². The first-order valence-corrected chi connectivity index (χ1v) is 4.61. The van der Waals surface area contributed by atoms with Crippen molar-refractivity contribution in [2.75, 3.05) is 0 Å². The molecule has 0 aliphatic rings. The molecule has 0 fully saturated rings. The number of phenolic OH excluding ortho intramolecular Hbond substituents is 1. The summed E-state index contributed by atoms with van der Waals surface area (Å²) in [4.78, 5) is 7.37. The second-order valence-electron chi connectivity index (χ2n) is 3.61. The first-order chi connectivity index (χ1) is 7.06. The molecule has 0 aromatic heterocycles. The molecule has 0 aliphatic heterocycles. The Morgan fingerprint density at radius 3 is 2.67 bits per heavy atom. The van der Waals surface area contributed by atoms with Crippen molar-refractivity contribution < 1.29 is 9.94 Å². The zero-order valence-electron chi connectivity index (χ0n) is 8.93. The summed E-state index contributed by atoms with van der Waals surface area (Å²) in [5.41, 5.74) is 9.66. The zero-order chi connectivity index (χ0) is 11.4. The average molecular weight is 207 g/mol. The van der Waals surface area contributed by atoms with Crippen LogP contribution in [0.2, 0.25) is 0 Å². The molecular weight excluding hydrogens is 194 g/mol. The van der Waals surface area contributed by atoms with E-state index in [9.17, 15) is 5.11 Å². The van der Waals surface area contributed by atoms with E-state index in [1.165, 1.54) is 0 Å². The van der Waals surface area contributed by atoms with E-state index in [0.717, 1.165) is 5.56 Å². The summed E-state index contributed by atoms with van der Waals surface area (Å²) in [6, 6.07) is 3.38. The van der Waals surface area contributed by atoms with Gasteiger partial charge in [-0.25, -0.2) is 0 Å². The van der Waals surface area contributed by atoms with Crippen LogP contribution in [-0.4, -0.2) is 5.11 Å². The Balaban J connectivity index is 3.26. The molecule has 0 atom stereocenters. The van der Waals surface area contributed by atoms with Gasteiger partial charge in [-0.2, -0.15) is 0 Å². The highest BCUT2D eigenvalue weighted by atomic mass is 16.6. The summed E-state index contributed by atoms with van der Waals surface area (Å²) >= 11 is 0. The fraction of sp³-hybridized carbons (Fsp3) is 0.400. The molecule has 0 unspecified atom stereocenters. The maximum absolute atomic E-state index is 9.73. The Morgan fingerprint density at radius 2 is 2.13 bits per heavy atom. The van der Waals surface area contributed by atoms with Crippen molar-refractivity contribution in [2.45, 2.75) is 26.7 Å². The third-order valence-corrected chi connectivity index (χ3v) is 2.02. The number of benzene rings is 1. The smallest absolute Gasteiger partial charge is 0.144 e. The van der Waals surface area contributed by atoms with Crippen molar-refractivity contribution in [1.29, 1.82) is 0 Å². The van der Waals surface area contributed by atoms with Crippen LogP contribution in [-0.2, 0) is 0 Å². The predicted octanol–water partition coefficient (Wildman–Crippen LogP) is 3.43. The van der Waals surface area contributed by atoms with E-state index in [-0.39, 0.29) is 11.7 Å². The van der Waals surface area contributed by atoms with Crippen LogP contribution in [0.1, 0.15) is 30.9 Å². The van der Waals surface area contributed by atoms with E-state index in [4.69, 9.17) is 10.4 Å². The van der Waals surface area contributed by atoms with Gasteiger partial charge in [-0.15, -0.1) is 0 Å². The molecule has 5 heteroatoms. The maximum Gasteiger partial charge on any atom is 0.144 e. The lowest BCUT2D eigenvalue weighted by atomic mass is 9.99. The first kappa shape index (κ1) is 11.2. The van der Waals surface area contributed by atoms with E-state index in [1.807, 2.05) is 20.8 Å². The Labute approximate surface area is 87.9 Å². The second kappa shape index (κ2) is 4.57. The second-order valence-corrected chi connectivity index (χ2v) is 3.61. The standard InChI is InChI=1S/C10H13N3O2/c1-6(2)10-8(14)4-7(3)5-9(10)15-13-12-11/h4-6,14H,1-3H3. The monoisotopic (exact) mass is 207 g/mol. The Morgan fingerprint density at radius 1 is 1.47 bits per heavy atom. The highest BCUT2D eigenvalue weighted by Gasteiger charge is 2.13. The fourth-order valence-electron chi connectivity index (χ4n) is 1.46. The summed E-state index contributed by atoms with van der Waals surface area (Å²) in [5.74, 6) is 0.655. The van der Waals surface area contributed by atoms with Crippen molar-refractivity contribution in [3.63, 3.8) is 0 Å². The number of aromatic hydroxyl groups is 1. The first-order valence-electron chi connectivity index (χ1n) is 4.61. The summed E-state index contributed by atoms with van der Waals surface area (Å²) in [7, 11) is 0. The Bertz CT molecular complexity index is 409. The van der Waals surface area contributed by atoms with Gasteiger partial charge in [-0.3, -0.25) is 0 Å². The molecule has 1 rings (SSSR count). The molecule has 0 spiro atoms. The van der Waals surface area contributed by atoms with Gasteiger partial charge in [0, 0.05) is 10.5 Å². The molecule has 1 aromatic rings. The SMILES string of the molecule is Cc1cc(O)c(C(C)C)c(ON=[N+]=[N-])c1. The number of nitrogens with zero attached hydrogens (tertiary/aromatic N) is 3. The quantitative estimate of drug-likeness (QED) is 0.356. The van der Waals surface area contributed by atoms with E-state index < -0.39 is 0 Å². The predicted molar refractivity (Wildman–Crippen MR) is 56.7 cm³/mol. The van der Waals surface area contributed by atoms with Gasteiger partial charge in [-0.1, -0.05) is 13.8 Å². The highest BCUT2D eigenvalue weighted by molar-refractivity contribution is 5.48. The third kappa shape index (κ3) is 2.54. The summed E-state index contributed by atoms with van der Waals surface area (Å²) < 4.78 is 0. The minimum atomic E-state index is 0.0921. The van der Waals surface area contributed by atoms with E-state index >= 15 is 0 Å². The van der Waals surface area contributed by atoms with Gasteiger partial charge in [0.25, 0.3) is 0 Å². The molecule has 0 heterocycles. The molecular formula is C10H13N3O2. The molecule has 5 nitrogen and oxygen atoms in total. The van der Waals surface area contributed by atoms with Crippen LogP contribution in [0.15, 0.2) is 17.4 Å². The lowest BCUT2D eigenvalue weighted by Gasteiger charge is -2.13. The molecule has 0 radical (unpaired) electrons. The molecule has 80 valence electrons. The van der Waals surface area contributed by atoms with Gasteiger partial charge in [0.15, 0.2) is 0 Å². The minimum absolute atomic E-state index is 0.0921. The van der Waals surface area contributed by atoms with Crippen molar-refractivity contribution in [3.8, 4) is 11.5 Å². The number of hydrogen-bond donors (Lipinski definition) is 1. The van der Waals surface area contributed by atoms with Crippen LogP contribution in [0.25, 0.3) is 10.4 Å². The van der Waals surface area contributed by atoms with Gasteiger partial charge in [0.1, 0.15) is 16.8 Å². The lowest BCUT2D eigenvalue weighted by Crippen LogP contribution is -1.94. The Kier molecular flexibility index (Phi) is 3.42. The summed E-state index contributed by atoms with van der Waals surface area (Å²) in [5, 5.41) is 12.8. The minimum Gasteiger partial charge on any atom is -0.508 e. The molecule has 0 amide bonds. The van der Waals surface area contributed by atoms with Gasteiger partial charge < -0.3 is 9.94 Å². The zero-order valence-corrected chi connectivity index (χ0v) is 8.93. The maximum atomic E-state index is 9.73. The van der Waals surface area contributed by atoms with Crippen LogP contribution in [0.4, 0.5) is 0 Å². The highest BCUT2D eigenvalue weighted by Crippen LogP contribution is 2.35. The number of aryl methyl sites for hydroxylation is 1. The van der Waals surface area contributed by atoms with Crippen LogP contribution < -0.4 is 4.84 Å². The molecule has 15 heavy (non-hydrogen) atoms. The molecule has 0 bridgehead atoms. The summed E-state index contributed by atoms with van der Waals surface area (Å²) in [6.45, 7) is 5.67. The Hall–Kier alpha value is -1.87. The van der Waals surface area contributed by atoms with Crippen molar-refractivity contribution >= 4 is 0 Å². The number of phenols is 1. The summed E-state index contributed by atoms with van der Waals surface area (Å²) in [6.07, 6.45) is 0. The molecule has 1 N–H and O–H groups in total. The number of azide groups is 1. The van der Waals surface area contributed by atoms with Gasteiger partial charge in [-0.05, 0) is 36.1 Å². The van der Waals surface area contributed by atoms with Gasteiger partial charge in [0.05, 0.1) is 0 Å². The molecule has 0 saturated heterocycles. The van der Waals surface area contributed by atoms with Gasteiger partial charge >= 0.3 is 0 Å². The van der Waals surface area contributed by atoms with Crippen LogP contribution in [0.5, 0.6) is 11.5 Å². The molecule has 1 aromatic carbocycles. The van der Waals surface area contributed by atoms with Crippen LogP contribution >= 0.6 is 0 Å². The third-order valence-electron chi connectivity index (χ3n) is 2.02. The lowest BCUT2D eigenvalue weighted by molar-refractivity contribution is 0.324. The van der Waals surface area contributed by atoms with Crippen molar-refractivity contribution in [2.24, 2.45) is 5.28 Å². The molecule has 0 aliphatic carbocycles. The van der Waals surface area contributed by atoms with Gasteiger partial charge in [0.2, 0.25) is 0 Å². The normalized spacial score (nSPS) is 9.87. The number of hydrogen-bond acceptors (Lipinski definition) is 3. The van der Waals surface area contributed by atoms with Crippen molar-refractivity contribution in [3.05, 3.63) is 33.7 Å². The number of rotatable bonds is 3. The van der Waals surface area contributed by atoms with Crippen molar-refractivity contribution in [1.82, 2.24) is 0 Å². The topological polar surface area (TPSA) is 78.2 Å². The van der Waals surface area contributed by atoms with Crippen LogP contribution in [0.3, 0.4) is 0 Å². The van der Waals surface area contributed by atoms with E-state index in [2.05, 4.69) is 10.2 Å². The largest absolute Gasteiger partial charge is 0.508 e. The van der Waals surface area contributed by atoms with E-state index in [1.54, 1.807) is 12.1 Å². The fourth-order valence-corrected chi connectivity index (χ4v) is 1.46. The molecule has 0 saturated carbocycles. The average Bonchev–Trinajstić information content (AvgIpc) is 2.12.